The fourth-order valence-electron chi connectivity index (χ4n) is 4.89. The van der Waals surface area contributed by atoms with Crippen LogP contribution in [0, 0.1) is 20.8 Å². The van der Waals surface area contributed by atoms with Crippen molar-refractivity contribution in [2.75, 3.05) is 0 Å². The number of alkyl halides is 1. The van der Waals surface area contributed by atoms with Gasteiger partial charge in [-0.2, -0.15) is 4.52 Å². The van der Waals surface area contributed by atoms with Gasteiger partial charge in [0.2, 0.25) is 5.18 Å². The van der Waals surface area contributed by atoms with Gasteiger partial charge in [0.15, 0.2) is 0 Å². The zero-order valence-electron chi connectivity index (χ0n) is 22.7. The standard InChI is InChI=1S/C30H30ClN5O3P/c1-21-23(3)35-27(22(2)29(38)36(35)28(21)37)20-34(30(4,31)39)32-33-40(24-14-8-5-9-15-24,25-16-10-6-11-17-25)26-18-12-7-13-19-26/h5-19,39H,20H2,1-4H3/q+1/b33-32+. The number of rotatable bonds is 8. The quantitative estimate of drug-likeness (QED) is 0.0754. The summed E-state index contributed by atoms with van der Waals surface area (Å²) in [5, 5.41) is 17.9. The van der Waals surface area contributed by atoms with Crippen LogP contribution in [0.5, 0.6) is 0 Å². The summed E-state index contributed by atoms with van der Waals surface area (Å²) in [6.07, 6.45) is 0. The van der Waals surface area contributed by atoms with Crippen LogP contribution in [0.25, 0.3) is 0 Å². The summed E-state index contributed by atoms with van der Waals surface area (Å²) in [7, 11) is -2.73. The van der Waals surface area contributed by atoms with Crippen molar-refractivity contribution < 1.29 is 5.11 Å². The highest BCUT2D eigenvalue weighted by atomic mass is 35.5. The van der Waals surface area contributed by atoms with Gasteiger partial charge in [-0.1, -0.05) is 66.2 Å². The van der Waals surface area contributed by atoms with Crippen LogP contribution in [0.15, 0.2) is 111 Å². The molecule has 1 atom stereocenters. The lowest BCUT2D eigenvalue weighted by atomic mass is 10.2. The summed E-state index contributed by atoms with van der Waals surface area (Å²) in [5.41, 5.74) is 1.20. The second-order valence-corrected chi connectivity index (χ2v) is 13.5. The van der Waals surface area contributed by atoms with E-state index in [9.17, 15) is 14.7 Å². The highest BCUT2D eigenvalue weighted by molar-refractivity contribution is 7.94. The number of aromatic nitrogens is 2. The van der Waals surface area contributed by atoms with Crippen LogP contribution < -0.4 is 27.0 Å². The Bertz CT molecular complexity index is 1690. The molecule has 0 aliphatic rings. The summed E-state index contributed by atoms with van der Waals surface area (Å²) >= 11 is 6.49. The third kappa shape index (κ3) is 4.62. The van der Waals surface area contributed by atoms with Crippen molar-refractivity contribution in [1.82, 2.24) is 14.0 Å². The average molecular weight is 575 g/mol. The number of hydrogen-bond donors (Lipinski definition) is 1. The van der Waals surface area contributed by atoms with E-state index < -0.39 is 18.2 Å². The van der Waals surface area contributed by atoms with E-state index in [2.05, 4.69) is 5.22 Å². The van der Waals surface area contributed by atoms with Gasteiger partial charge >= 0.3 is 0 Å². The maximum Gasteiger partial charge on any atom is 0.277 e. The van der Waals surface area contributed by atoms with E-state index in [4.69, 9.17) is 16.5 Å². The molecule has 1 unspecified atom stereocenters. The molecule has 1 N–H and O–H groups in total. The molecule has 2 aromatic heterocycles. The number of aliphatic hydroxyl groups is 1. The van der Waals surface area contributed by atoms with Crippen LogP contribution in [0.2, 0.25) is 0 Å². The van der Waals surface area contributed by atoms with Gasteiger partial charge in [0.05, 0.1) is 12.2 Å². The largest absolute Gasteiger partial charge is 0.357 e. The van der Waals surface area contributed by atoms with Crippen molar-refractivity contribution in [2.24, 2.45) is 10.1 Å². The molecule has 0 amide bonds. The molecule has 40 heavy (non-hydrogen) atoms. The molecule has 3 aromatic carbocycles. The Morgan fingerprint density at radius 3 is 1.62 bits per heavy atom. The summed E-state index contributed by atoms with van der Waals surface area (Å²) < 4.78 is 2.69. The zero-order valence-corrected chi connectivity index (χ0v) is 24.3. The average Bonchev–Trinajstić information content (AvgIpc) is 3.34. The molecule has 5 aromatic rings. The van der Waals surface area contributed by atoms with Crippen molar-refractivity contribution in [3.05, 3.63) is 134 Å². The van der Waals surface area contributed by atoms with E-state index in [0.29, 0.717) is 22.5 Å². The molecule has 0 aliphatic heterocycles. The minimum absolute atomic E-state index is 0.0651. The van der Waals surface area contributed by atoms with Crippen LogP contribution >= 0.6 is 19.0 Å². The first-order valence-electron chi connectivity index (χ1n) is 12.8. The molecular formula is C30H30ClN5O3P+. The van der Waals surface area contributed by atoms with Gasteiger partial charge in [-0.3, -0.25) is 9.59 Å². The first-order chi connectivity index (χ1) is 19.1. The highest BCUT2D eigenvalue weighted by Gasteiger charge is 2.48. The van der Waals surface area contributed by atoms with Gasteiger partial charge in [-0.15, -0.1) is 0 Å². The van der Waals surface area contributed by atoms with Gasteiger partial charge in [-0.05, 0) is 62.4 Å². The van der Waals surface area contributed by atoms with Gasteiger partial charge in [0, 0.05) is 28.6 Å². The Morgan fingerprint density at radius 2 is 1.20 bits per heavy atom. The van der Waals surface area contributed by atoms with E-state index in [0.717, 1.165) is 20.4 Å². The van der Waals surface area contributed by atoms with Crippen molar-refractivity contribution in [1.29, 1.82) is 0 Å². The van der Waals surface area contributed by atoms with Crippen LogP contribution in [0.4, 0.5) is 0 Å². The predicted molar refractivity (Wildman–Crippen MR) is 161 cm³/mol. The second-order valence-electron chi connectivity index (χ2n) is 9.80. The van der Waals surface area contributed by atoms with Crippen molar-refractivity contribution >= 4 is 34.9 Å². The molecule has 0 aliphatic carbocycles. The molecule has 0 spiro atoms. The van der Waals surface area contributed by atoms with Crippen LogP contribution in [0.3, 0.4) is 0 Å². The van der Waals surface area contributed by atoms with Crippen molar-refractivity contribution in [3.8, 4) is 0 Å². The maximum atomic E-state index is 13.0. The number of aryl methyl sites for hydroxylation is 1. The third-order valence-corrected chi connectivity index (χ3v) is 10.9. The molecule has 0 bridgehead atoms. The summed E-state index contributed by atoms with van der Waals surface area (Å²) in [5.74, 6) is 0. The predicted octanol–water partition coefficient (Wildman–Crippen LogP) is 4.11. The van der Waals surface area contributed by atoms with E-state index >= 15 is 0 Å². The fourth-order valence-corrected chi connectivity index (χ4v) is 8.21. The van der Waals surface area contributed by atoms with Gasteiger partial charge in [0.1, 0.15) is 15.9 Å². The van der Waals surface area contributed by atoms with Crippen molar-refractivity contribution in [2.45, 2.75) is 39.4 Å². The number of halogens is 1. The van der Waals surface area contributed by atoms with E-state index in [1.165, 1.54) is 11.9 Å². The summed E-state index contributed by atoms with van der Waals surface area (Å²) in [6.45, 7) is 6.45. The number of nitrogens with zero attached hydrogens (tertiary/aromatic N) is 5. The minimum Gasteiger partial charge on any atom is -0.357 e. The van der Waals surface area contributed by atoms with Gasteiger partial charge < -0.3 is 5.11 Å². The number of benzene rings is 3. The third-order valence-electron chi connectivity index (χ3n) is 7.22. The molecule has 0 saturated carbocycles. The molecule has 2 heterocycles. The van der Waals surface area contributed by atoms with Gasteiger partial charge in [0.25, 0.3) is 18.5 Å². The molecule has 0 fully saturated rings. The summed E-state index contributed by atoms with van der Waals surface area (Å²) in [6, 6.07) is 29.9. The van der Waals surface area contributed by atoms with E-state index in [-0.39, 0.29) is 12.1 Å². The van der Waals surface area contributed by atoms with Crippen molar-refractivity contribution in [3.63, 3.8) is 0 Å². The Balaban J connectivity index is 1.72. The zero-order chi connectivity index (χ0) is 28.7. The van der Waals surface area contributed by atoms with Crippen LogP contribution in [-0.4, -0.2) is 24.3 Å². The minimum atomic E-state index is -2.73. The Hall–Kier alpha value is -3.84. The normalized spacial score (nSPS) is 13.7. The Kier molecular flexibility index (Phi) is 7.36. The second kappa shape index (κ2) is 10.6. The SMILES string of the molecule is Cc1c(C)n2c(CN(/N=N/[P+](c3ccccc3)(c3ccccc3)c3ccccc3)C(C)(O)Cl)c(C)c(=O)n2c1=O. The molecule has 8 nitrogen and oxygen atoms in total. The molecule has 0 saturated heterocycles. The Morgan fingerprint density at radius 1 is 0.775 bits per heavy atom. The molecular weight excluding hydrogens is 545 g/mol. The topological polar surface area (TPSA) is 91.1 Å². The highest BCUT2D eigenvalue weighted by Crippen LogP contribution is 2.57. The van der Waals surface area contributed by atoms with Gasteiger partial charge in [-0.25, -0.2) is 9.52 Å². The summed E-state index contributed by atoms with van der Waals surface area (Å²) in [4.78, 5) is 30.8. The van der Waals surface area contributed by atoms with E-state index in [1.54, 1.807) is 25.3 Å². The monoisotopic (exact) mass is 574 g/mol. The lowest BCUT2D eigenvalue weighted by molar-refractivity contribution is -0.0320. The maximum absolute atomic E-state index is 13.0. The number of hydrogen-bond acceptors (Lipinski definition) is 5. The molecule has 204 valence electrons. The Labute approximate surface area is 237 Å². The molecule has 5 rings (SSSR count). The number of fused-ring (bicyclic) bond motifs is 1. The van der Waals surface area contributed by atoms with Crippen LogP contribution in [-0.2, 0) is 6.54 Å². The fraction of sp³-hybridized carbons (Fsp3) is 0.200. The first-order valence-corrected chi connectivity index (χ1v) is 14.9. The van der Waals surface area contributed by atoms with Crippen LogP contribution in [0.1, 0.15) is 29.4 Å². The first kappa shape index (κ1) is 27.7. The molecule has 10 heteroatoms. The molecule has 0 radical (unpaired) electrons. The lowest BCUT2D eigenvalue weighted by Gasteiger charge is -2.28. The lowest BCUT2D eigenvalue weighted by Crippen LogP contribution is -2.38. The smallest absolute Gasteiger partial charge is 0.277 e. The van der Waals surface area contributed by atoms with E-state index in [1.807, 2.05) is 91.0 Å².